The molecule has 18 heteroatoms. The van der Waals surface area contributed by atoms with Crippen LogP contribution in [-0.2, 0) is 0 Å². The third-order valence-electron chi connectivity index (χ3n) is 0. The van der Waals surface area contributed by atoms with Crippen LogP contribution in [0.3, 0.4) is 0 Å². The van der Waals surface area contributed by atoms with E-state index in [-0.39, 0.29) is 58.2 Å². The van der Waals surface area contributed by atoms with Crippen LogP contribution in [0.5, 0.6) is 0 Å². The molecular formula is H6AlB4NdO12. The Hall–Kier alpha value is 1.66. The van der Waals surface area contributed by atoms with Crippen molar-refractivity contribution in [1.29, 1.82) is 0 Å². The van der Waals surface area contributed by atoms with E-state index in [1.165, 1.54) is 0 Å². The summed E-state index contributed by atoms with van der Waals surface area (Å²) in [6.45, 7) is 0. The summed E-state index contributed by atoms with van der Waals surface area (Å²) < 4.78 is 0. The summed E-state index contributed by atoms with van der Waals surface area (Å²) in [6.07, 6.45) is 0. The van der Waals surface area contributed by atoms with Gasteiger partial charge in [0.15, 0.2) is 0 Å². The molecule has 97 valence electrons. The molecule has 0 amide bonds. The molecule has 0 aromatic rings. The predicted octanol–water partition coefficient (Wildman–Crippen LogP) is -12.4. The normalized spacial score (nSPS) is 6.00. The SMILES string of the molecule is OB(O)O.OB(O)O.[Al+3].[Nd+3].[O-]B([O-])[O-].[O-]B([O-])[O-]. The van der Waals surface area contributed by atoms with Crippen LogP contribution >= 0.6 is 0 Å². The zero-order valence-electron chi connectivity index (χ0n) is 8.52. The molecule has 12 nitrogen and oxygen atoms in total. The average molecular weight is 413 g/mol. The Kier molecular flexibility index (Phi) is 63.6. The van der Waals surface area contributed by atoms with Crippen LogP contribution in [0.4, 0.5) is 0 Å². The fraction of sp³-hybridized carbons (Fsp3) is 0. The minimum Gasteiger partial charge on any atom is -0.907 e. The van der Waals surface area contributed by atoms with Gasteiger partial charge in [0.25, 0.3) is 0 Å². The summed E-state index contributed by atoms with van der Waals surface area (Å²) >= 11 is 0. The van der Waals surface area contributed by atoms with Gasteiger partial charge in [-0.2, -0.15) is 0 Å². The van der Waals surface area contributed by atoms with E-state index in [0.29, 0.717) is 0 Å². The Balaban J connectivity index is -0.0000000257. The molecule has 0 aromatic heterocycles. The Morgan fingerprint density at radius 2 is 0.500 bits per heavy atom. The van der Waals surface area contributed by atoms with Crippen LogP contribution < -0.4 is 30.1 Å². The van der Waals surface area contributed by atoms with Crippen molar-refractivity contribution >= 4 is 46.6 Å². The third-order valence-corrected chi connectivity index (χ3v) is 0. The van der Waals surface area contributed by atoms with Crippen LogP contribution in [-0.4, -0.2) is 76.8 Å². The Morgan fingerprint density at radius 1 is 0.500 bits per heavy atom. The predicted molar refractivity (Wildman–Crippen MR) is 42.1 cm³/mol. The molecule has 0 rings (SSSR count). The minimum absolute atomic E-state index is 0. The molecule has 1 radical (unpaired) electrons. The van der Waals surface area contributed by atoms with E-state index in [0.717, 1.165) is 0 Å². The molecule has 0 saturated carbocycles. The largest absolute Gasteiger partial charge is 3.00 e. The van der Waals surface area contributed by atoms with Gasteiger partial charge in [0, 0.05) is 0 Å². The molecule has 0 aliphatic carbocycles. The maximum Gasteiger partial charge on any atom is 3.00 e. The van der Waals surface area contributed by atoms with Crippen LogP contribution in [0.1, 0.15) is 0 Å². The second-order valence-corrected chi connectivity index (χ2v) is 1.27. The van der Waals surface area contributed by atoms with Gasteiger partial charge in [0.05, 0.1) is 0 Å². The van der Waals surface area contributed by atoms with E-state index in [9.17, 15) is 0 Å². The van der Waals surface area contributed by atoms with Gasteiger partial charge in [-0.1, -0.05) is 0 Å². The maximum absolute atomic E-state index is 8.42. The van der Waals surface area contributed by atoms with E-state index in [1.54, 1.807) is 0 Å². The second kappa shape index (κ2) is 31.2. The molecule has 0 unspecified atom stereocenters. The summed E-state index contributed by atoms with van der Waals surface area (Å²) in [5.74, 6) is 0. The van der Waals surface area contributed by atoms with E-state index in [2.05, 4.69) is 0 Å². The van der Waals surface area contributed by atoms with Crippen molar-refractivity contribution in [2.75, 3.05) is 0 Å². The quantitative estimate of drug-likeness (QED) is 0.202. The molecule has 18 heavy (non-hydrogen) atoms. The zero-order valence-corrected chi connectivity index (χ0v) is 12.9. The molecule has 6 N–H and O–H groups in total. The van der Waals surface area contributed by atoms with Gasteiger partial charge >= 0.3 is 72.8 Å². The average Bonchev–Trinajstić information content (AvgIpc) is 1.76. The molecule has 0 atom stereocenters. The van der Waals surface area contributed by atoms with Crippen molar-refractivity contribution in [3.8, 4) is 0 Å². The summed E-state index contributed by atoms with van der Waals surface area (Å²) in [7, 11) is -10.2. The van der Waals surface area contributed by atoms with Gasteiger partial charge in [-0.3, -0.25) is 14.6 Å². The number of hydrogen-bond acceptors (Lipinski definition) is 12. The summed E-state index contributed by atoms with van der Waals surface area (Å²) in [4.78, 5) is 0. The Bertz CT molecular complexity index is 67.1. The van der Waals surface area contributed by atoms with Crippen molar-refractivity contribution in [2.45, 2.75) is 0 Å². The Labute approximate surface area is 147 Å². The molecule has 0 aliphatic rings. The first-order valence-electron chi connectivity index (χ1n) is 2.96. The first-order chi connectivity index (χ1) is 6.93. The topological polar surface area (TPSA) is 260 Å². The van der Waals surface area contributed by atoms with Gasteiger partial charge in [0.1, 0.15) is 0 Å². The smallest absolute Gasteiger partial charge is 0.907 e. The van der Waals surface area contributed by atoms with E-state index in [4.69, 9.17) is 60.3 Å². The van der Waals surface area contributed by atoms with Crippen molar-refractivity contribution < 1.29 is 101 Å². The molecule has 0 spiro atoms. The molecular weight excluding hydrogens is 406 g/mol. The molecule has 0 heterocycles. The minimum atomic E-state index is -2.92. The summed E-state index contributed by atoms with van der Waals surface area (Å²) in [6, 6.07) is 0. The first-order valence-corrected chi connectivity index (χ1v) is 2.96. The fourth-order valence-corrected chi connectivity index (χ4v) is 0. The molecule has 0 aromatic carbocycles. The molecule has 0 bridgehead atoms. The Morgan fingerprint density at radius 3 is 0.500 bits per heavy atom. The van der Waals surface area contributed by atoms with Crippen molar-refractivity contribution in [2.24, 2.45) is 0 Å². The molecule has 0 fully saturated rings. The standard InChI is InChI=1S/Al.2BH3O3.2BO3.Nd/c;4*2-1(3)4;/h;2*2-4H;;;/q+3;;;2*-3;+3. The fourth-order valence-electron chi connectivity index (χ4n) is 0. The van der Waals surface area contributed by atoms with E-state index in [1.807, 2.05) is 0 Å². The van der Waals surface area contributed by atoms with Gasteiger partial charge in [-0.15, -0.1) is 0 Å². The van der Waals surface area contributed by atoms with Crippen LogP contribution in [0.25, 0.3) is 0 Å². The van der Waals surface area contributed by atoms with Crippen LogP contribution in [0.15, 0.2) is 0 Å². The monoisotopic (exact) mass is 411 g/mol. The molecule has 0 saturated heterocycles. The summed E-state index contributed by atoms with van der Waals surface area (Å²) in [5.41, 5.74) is 0. The summed E-state index contributed by atoms with van der Waals surface area (Å²) in [5, 5.41) is 93.5. The van der Waals surface area contributed by atoms with Crippen LogP contribution in [0, 0.1) is 40.8 Å². The molecule has 0 aliphatic heterocycles. The zero-order chi connectivity index (χ0) is 14.3. The van der Waals surface area contributed by atoms with Gasteiger partial charge in [-0.05, 0) is 0 Å². The van der Waals surface area contributed by atoms with Crippen molar-refractivity contribution in [3.63, 3.8) is 0 Å². The van der Waals surface area contributed by atoms with Crippen molar-refractivity contribution in [3.05, 3.63) is 0 Å². The van der Waals surface area contributed by atoms with Gasteiger partial charge in [0.2, 0.25) is 0 Å². The van der Waals surface area contributed by atoms with E-state index < -0.39 is 29.3 Å². The van der Waals surface area contributed by atoms with Crippen LogP contribution in [0.2, 0.25) is 0 Å². The first kappa shape index (κ1) is 36.7. The number of hydrogen-bond donors (Lipinski definition) is 6. The van der Waals surface area contributed by atoms with Gasteiger partial charge < -0.3 is 60.3 Å². The second-order valence-electron chi connectivity index (χ2n) is 1.27. The van der Waals surface area contributed by atoms with Crippen molar-refractivity contribution in [1.82, 2.24) is 0 Å². The van der Waals surface area contributed by atoms with E-state index >= 15 is 0 Å². The third kappa shape index (κ3) is 1770. The number of rotatable bonds is 0. The van der Waals surface area contributed by atoms with Gasteiger partial charge in [-0.25, -0.2) is 0 Å². The maximum atomic E-state index is 8.42.